The Balaban J connectivity index is 0.000000268. The van der Waals surface area contributed by atoms with Gasteiger partial charge in [0.1, 0.15) is 18.1 Å². The fourth-order valence-corrected chi connectivity index (χ4v) is 1.93. The molecule has 0 saturated heterocycles. The van der Waals surface area contributed by atoms with E-state index >= 15 is 0 Å². The second-order valence-corrected chi connectivity index (χ2v) is 4.99. The van der Waals surface area contributed by atoms with Crippen LogP contribution >= 0.6 is 0 Å². The molecule has 0 fully saturated rings. The summed E-state index contributed by atoms with van der Waals surface area (Å²) >= 11 is 0. The van der Waals surface area contributed by atoms with Gasteiger partial charge in [0.25, 0.3) is 6.02 Å². The Morgan fingerprint density at radius 2 is 1.74 bits per heavy atom. The third kappa shape index (κ3) is 5.54. The first-order valence-electron chi connectivity index (χ1n) is 7.66. The molecule has 0 aromatic heterocycles. The second-order valence-electron chi connectivity index (χ2n) is 4.99. The highest BCUT2D eigenvalue weighted by molar-refractivity contribution is 5.72. The Kier molecular flexibility index (Phi) is 6.29. The first kappa shape index (κ1) is 16.7. The topological polar surface area (TPSA) is 60.1 Å². The molecular formula is C18H23N3O2. The molecular weight excluding hydrogens is 290 g/mol. The lowest BCUT2D eigenvalue weighted by Gasteiger charge is -2.16. The number of ether oxygens (including phenoxy) is 2. The third-order valence-corrected chi connectivity index (χ3v) is 3.34. The van der Waals surface area contributed by atoms with Gasteiger partial charge in [-0.1, -0.05) is 18.2 Å². The van der Waals surface area contributed by atoms with Crippen LogP contribution in [0.25, 0.3) is 0 Å². The number of benzene rings is 2. The first-order valence-corrected chi connectivity index (χ1v) is 7.66. The minimum absolute atomic E-state index is 0.329. The van der Waals surface area contributed by atoms with Gasteiger partial charge in [0.05, 0.1) is 6.54 Å². The van der Waals surface area contributed by atoms with Crippen LogP contribution in [-0.2, 0) is 4.74 Å². The van der Waals surface area contributed by atoms with Crippen LogP contribution < -0.4 is 15.4 Å². The fraction of sp³-hybridized carbons (Fsp3) is 0.278. The molecule has 2 N–H and O–H groups in total. The van der Waals surface area contributed by atoms with Crippen molar-refractivity contribution in [2.75, 3.05) is 31.6 Å². The summed E-state index contributed by atoms with van der Waals surface area (Å²) in [6, 6.07) is 18.3. The molecule has 0 amide bonds. The van der Waals surface area contributed by atoms with Gasteiger partial charge >= 0.3 is 0 Å². The highest BCUT2D eigenvalue weighted by atomic mass is 16.5. The number of rotatable bonds is 4. The van der Waals surface area contributed by atoms with Gasteiger partial charge in [-0.05, 0) is 43.3 Å². The van der Waals surface area contributed by atoms with E-state index in [2.05, 4.69) is 40.7 Å². The molecule has 0 aliphatic carbocycles. The molecule has 2 aromatic carbocycles. The van der Waals surface area contributed by atoms with Crippen molar-refractivity contribution >= 4 is 11.7 Å². The van der Waals surface area contributed by atoms with Crippen molar-refractivity contribution in [1.82, 2.24) is 0 Å². The van der Waals surface area contributed by atoms with Crippen LogP contribution in [-0.4, -0.2) is 32.8 Å². The lowest BCUT2D eigenvalue weighted by Crippen LogP contribution is -2.15. The normalized spacial score (nSPS) is 12.5. The lowest BCUT2D eigenvalue weighted by atomic mass is 10.3. The van der Waals surface area contributed by atoms with E-state index < -0.39 is 0 Å². The van der Waals surface area contributed by atoms with Gasteiger partial charge in [-0.3, -0.25) is 0 Å². The van der Waals surface area contributed by atoms with Crippen molar-refractivity contribution in [3.8, 4) is 11.5 Å². The van der Waals surface area contributed by atoms with E-state index in [1.807, 2.05) is 42.5 Å². The number of hydrogen-bond donors (Lipinski definition) is 1. The summed E-state index contributed by atoms with van der Waals surface area (Å²) < 4.78 is 10.4. The molecule has 1 aliphatic rings. The van der Waals surface area contributed by atoms with E-state index in [9.17, 15) is 0 Å². The van der Waals surface area contributed by atoms with Crippen molar-refractivity contribution in [2.24, 2.45) is 10.7 Å². The molecule has 1 aliphatic heterocycles. The summed E-state index contributed by atoms with van der Waals surface area (Å²) in [5.74, 6) is 1.73. The van der Waals surface area contributed by atoms with E-state index in [1.54, 1.807) is 0 Å². The van der Waals surface area contributed by atoms with Gasteiger partial charge < -0.3 is 20.1 Å². The SMILES string of the molecule is CCN(C)c1ccc(Oc2ccccc2)cc1.NC1=NCCO1. The molecule has 0 saturated carbocycles. The summed E-state index contributed by atoms with van der Waals surface area (Å²) in [5, 5.41) is 0. The predicted octanol–water partition coefficient (Wildman–Crippen LogP) is 3.27. The van der Waals surface area contributed by atoms with E-state index in [-0.39, 0.29) is 0 Å². The molecule has 0 atom stereocenters. The molecule has 2 aromatic rings. The average molecular weight is 313 g/mol. The molecule has 5 nitrogen and oxygen atoms in total. The number of nitrogens with zero attached hydrogens (tertiary/aromatic N) is 2. The van der Waals surface area contributed by atoms with Crippen LogP contribution in [0.3, 0.4) is 0 Å². The van der Waals surface area contributed by atoms with E-state index in [4.69, 9.17) is 10.5 Å². The molecule has 5 heteroatoms. The van der Waals surface area contributed by atoms with Gasteiger partial charge in [0.2, 0.25) is 0 Å². The standard InChI is InChI=1S/C15H17NO.C3H6N2O/c1-3-16(2)13-9-11-15(12-10-13)17-14-7-5-4-6-8-14;4-3-5-1-2-6-3/h4-12H,3H2,1-2H3;1-2H2,(H2,4,5). The van der Waals surface area contributed by atoms with Gasteiger partial charge in [-0.2, -0.15) is 0 Å². The van der Waals surface area contributed by atoms with Gasteiger partial charge in [-0.15, -0.1) is 0 Å². The largest absolute Gasteiger partial charge is 0.463 e. The molecule has 3 rings (SSSR count). The van der Waals surface area contributed by atoms with E-state index in [0.717, 1.165) is 24.6 Å². The van der Waals surface area contributed by atoms with E-state index in [0.29, 0.717) is 12.6 Å². The molecule has 1 heterocycles. The number of anilines is 1. The maximum atomic E-state index is 5.73. The number of hydrogen-bond acceptors (Lipinski definition) is 5. The number of amidine groups is 1. The zero-order chi connectivity index (χ0) is 16.5. The quantitative estimate of drug-likeness (QED) is 0.941. The summed E-state index contributed by atoms with van der Waals surface area (Å²) in [4.78, 5) is 5.90. The number of para-hydroxylation sites is 1. The Morgan fingerprint density at radius 3 is 2.22 bits per heavy atom. The summed E-state index contributed by atoms with van der Waals surface area (Å²) in [6.45, 7) is 4.52. The van der Waals surface area contributed by atoms with Crippen molar-refractivity contribution in [3.63, 3.8) is 0 Å². The van der Waals surface area contributed by atoms with Crippen LogP contribution in [0.2, 0.25) is 0 Å². The van der Waals surface area contributed by atoms with Gasteiger partial charge in [0.15, 0.2) is 0 Å². The monoisotopic (exact) mass is 313 g/mol. The van der Waals surface area contributed by atoms with Crippen LogP contribution in [0.4, 0.5) is 5.69 Å². The molecule has 0 spiro atoms. The van der Waals surface area contributed by atoms with E-state index in [1.165, 1.54) is 5.69 Å². The van der Waals surface area contributed by atoms with Gasteiger partial charge in [0, 0.05) is 19.3 Å². The minimum Gasteiger partial charge on any atom is -0.463 e. The van der Waals surface area contributed by atoms with Crippen LogP contribution in [0.1, 0.15) is 6.92 Å². The molecule has 122 valence electrons. The Labute approximate surface area is 137 Å². The minimum atomic E-state index is 0.329. The maximum absolute atomic E-state index is 5.73. The smallest absolute Gasteiger partial charge is 0.282 e. The van der Waals surface area contributed by atoms with Crippen LogP contribution in [0.5, 0.6) is 11.5 Å². The summed E-state index contributed by atoms with van der Waals surface area (Å²) in [7, 11) is 2.08. The Hall–Kier alpha value is -2.69. The second kappa shape index (κ2) is 8.68. The zero-order valence-electron chi connectivity index (χ0n) is 13.6. The number of nitrogens with two attached hydrogens (primary N) is 1. The van der Waals surface area contributed by atoms with Crippen LogP contribution in [0, 0.1) is 0 Å². The highest BCUT2D eigenvalue weighted by Gasteiger charge is 2.00. The molecule has 0 unspecified atom stereocenters. The predicted molar refractivity (Wildman–Crippen MR) is 94.3 cm³/mol. The Morgan fingerprint density at radius 1 is 1.09 bits per heavy atom. The Bertz CT molecular complexity index is 612. The average Bonchev–Trinajstić information content (AvgIpc) is 3.07. The molecule has 0 radical (unpaired) electrons. The highest BCUT2D eigenvalue weighted by Crippen LogP contribution is 2.23. The number of aliphatic imine (C=N–C) groups is 1. The van der Waals surface area contributed by atoms with Crippen molar-refractivity contribution in [1.29, 1.82) is 0 Å². The van der Waals surface area contributed by atoms with Crippen LogP contribution in [0.15, 0.2) is 59.6 Å². The maximum Gasteiger partial charge on any atom is 0.282 e. The summed E-state index contributed by atoms with van der Waals surface area (Å²) in [5.41, 5.74) is 6.26. The summed E-state index contributed by atoms with van der Waals surface area (Å²) in [6.07, 6.45) is 0. The molecule has 23 heavy (non-hydrogen) atoms. The van der Waals surface area contributed by atoms with Crippen molar-refractivity contribution in [3.05, 3.63) is 54.6 Å². The molecule has 0 bridgehead atoms. The fourth-order valence-electron chi connectivity index (χ4n) is 1.93. The zero-order valence-corrected chi connectivity index (χ0v) is 13.6. The van der Waals surface area contributed by atoms with Crippen molar-refractivity contribution in [2.45, 2.75) is 6.92 Å². The first-order chi connectivity index (χ1) is 11.2. The third-order valence-electron chi connectivity index (χ3n) is 3.34. The van der Waals surface area contributed by atoms with Crippen molar-refractivity contribution < 1.29 is 9.47 Å². The van der Waals surface area contributed by atoms with Gasteiger partial charge in [-0.25, -0.2) is 4.99 Å². The lowest BCUT2D eigenvalue weighted by molar-refractivity contribution is 0.342.